The molecule has 7 heteroatoms. The van der Waals surface area contributed by atoms with Crippen LogP contribution in [-0.2, 0) is 17.1 Å². The average molecular weight is 285 g/mol. The van der Waals surface area contributed by atoms with E-state index < -0.39 is 15.9 Å². The third-order valence-electron chi connectivity index (χ3n) is 3.56. The zero-order valence-corrected chi connectivity index (χ0v) is 11.9. The lowest BCUT2D eigenvalue weighted by atomic mass is 10.1. The molecule has 0 radical (unpaired) electrons. The zero-order chi connectivity index (χ0) is 14.2. The first kappa shape index (κ1) is 14.1. The smallest absolute Gasteiger partial charge is 0.265 e. The van der Waals surface area contributed by atoms with Crippen molar-refractivity contribution in [2.75, 3.05) is 0 Å². The average Bonchev–Trinajstić information content (AvgIpc) is 2.84. The van der Waals surface area contributed by atoms with Gasteiger partial charge in [0.2, 0.25) is 10.0 Å². The summed E-state index contributed by atoms with van der Waals surface area (Å²) in [7, 11) is -1.99. The van der Waals surface area contributed by atoms with E-state index in [4.69, 9.17) is 5.73 Å². The van der Waals surface area contributed by atoms with Crippen molar-refractivity contribution in [1.82, 2.24) is 9.29 Å². The van der Waals surface area contributed by atoms with Crippen molar-refractivity contribution in [1.29, 1.82) is 0 Å². The second kappa shape index (κ2) is 4.97. The Balaban J connectivity index is 2.20. The molecule has 0 spiro atoms. The molecule has 1 aliphatic carbocycles. The van der Waals surface area contributed by atoms with E-state index in [9.17, 15) is 13.2 Å². The molecule has 6 nitrogen and oxygen atoms in total. The van der Waals surface area contributed by atoms with Gasteiger partial charge in [0.1, 0.15) is 10.6 Å². The predicted molar refractivity (Wildman–Crippen MR) is 71.1 cm³/mol. The molecule has 3 N–H and O–H groups in total. The summed E-state index contributed by atoms with van der Waals surface area (Å²) in [6.45, 7) is 2.11. The van der Waals surface area contributed by atoms with Crippen LogP contribution < -0.4 is 10.5 Å². The number of sulfonamides is 1. The van der Waals surface area contributed by atoms with Gasteiger partial charge < -0.3 is 10.3 Å². The van der Waals surface area contributed by atoms with Crippen LogP contribution in [0, 0.1) is 5.92 Å². The van der Waals surface area contributed by atoms with Crippen LogP contribution in [0.2, 0.25) is 0 Å². The Hall–Kier alpha value is -1.34. The quantitative estimate of drug-likeness (QED) is 0.847. The van der Waals surface area contributed by atoms with Crippen molar-refractivity contribution in [2.45, 2.75) is 37.1 Å². The molecule has 1 fully saturated rings. The fourth-order valence-corrected chi connectivity index (χ4v) is 3.88. The number of carbonyl (C=O) groups excluding carboxylic acids is 1. The third kappa shape index (κ3) is 2.98. The van der Waals surface area contributed by atoms with Crippen molar-refractivity contribution < 1.29 is 13.2 Å². The summed E-state index contributed by atoms with van der Waals surface area (Å²) in [6.07, 6.45) is 4.15. The molecule has 1 aromatic rings. The van der Waals surface area contributed by atoms with Crippen LogP contribution in [0.3, 0.4) is 0 Å². The number of hydrogen-bond donors (Lipinski definition) is 2. The van der Waals surface area contributed by atoms with Crippen molar-refractivity contribution >= 4 is 15.9 Å². The molecular formula is C12H19N3O3S. The normalized spacial score (nSPS) is 23.7. The molecular weight excluding hydrogens is 266 g/mol. The molecule has 0 aromatic carbocycles. The van der Waals surface area contributed by atoms with Gasteiger partial charge in [-0.3, -0.25) is 4.79 Å². The van der Waals surface area contributed by atoms with Crippen molar-refractivity contribution in [3.05, 3.63) is 18.0 Å². The Bertz CT molecular complexity index is 591. The first-order chi connectivity index (χ1) is 8.79. The van der Waals surface area contributed by atoms with Gasteiger partial charge in [-0.1, -0.05) is 6.92 Å². The SMILES string of the molecule is CC1CCC(NS(=O)(=O)c2cc(C(N)=O)n(C)c2)C1. The minimum atomic E-state index is -3.58. The summed E-state index contributed by atoms with van der Waals surface area (Å²) in [5.74, 6) is -0.0944. The van der Waals surface area contributed by atoms with E-state index in [0.29, 0.717) is 5.92 Å². The maximum absolute atomic E-state index is 12.2. The van der Waals surface area contributed by atoms with Gasteiger partial charge in [-0.2, -0.15) is 0 Å². The molecule has 0 saturated heterocycles. The molecule has 1 heterocycles. The molecule has 2 unspecified atom stereocenters. The topological polar surface area (TPSA) is 94.2 Å². The standard InChI is InChI=1S/C12H19N3O3S/c1-8-3-4-9(5-8)14-19(17,18)10-6-11(12(13)16)15(2)7-10/h6-9,14H,3-5H2,1-2H3,(H2,13,16). The summed E-state index contributed by atoms with van der Waals surface area (Å²) in [5.41, 5.74) is 5.36. The minimum Gasteiger partial charge on any atom is -0.364 e. The zero-order valence-electron chi connectivity index (χ0n) is 11.1. The highest BCUT2D eigenvalue weighted by atomic mass is 32.2. The lowest BCUT2D eigenvalue weighted by Crippen LogP contribution is -2.32. The number of nitrogens with one attached hydrogen (secondary N) is 1. The Labute approximate surface area is 113 Å². The molecule has 19 heavy (non-hydrogen) atoms. The van der Waals surface area contributed by atoms with Crippen LogP contribution in [0.4, 0.5) is 0 Å². The second-order valence-electron chi connectivity index (χ2n) is 5.27. The highest BCUT2D eigenvalue weighted by molar-refractivity contribution is 7.89. The largest absolute Gasteiger partial charge is 0.364 e. The second-order valence-corrected chi connectivity index (χ2v) is 6.99. The number of aryl methyl sites for hydroxylation is 1. The fourth-order valence-electron chi connectivity index (χ4n) is 2.53. The van der Waals surface area contributed by atoms with Gasteiger partial charge in [-0.05, 0) is 31.2 Å². The van der Waals surface area contributed by atoms with Gasteiger partial charge >= 0.3 is 0 Å². The Morgan fingerprint density at radius 2 is 2.16 bits per heavy atom. The number of primary amides is 1. The summed E-state index contributed by atoms with van der Waals surface area (Å²) in [6, 6.07) is 1.29. The molecule has 1 aromatic heterocycles. The van der Waals surface area contributed by atoms with Gasteiger partial charge in [0.05, 0.1) is 0 Å². The summed E-state index contributed by atoms with van der Waals surface area (Å²) in [5, 5.41) is 0. The van der Waals surface area contributed by atoms with Crippen LogP contribution in [0.15, 0.2) is 17.2 Å². The van der Waals surface area contributed by atoms with E-state index in [0.717, 1.165) is 19.3 Å². The third-order valence-corrected chi connectivity index (χ3v) is 5.05. The first-order valence-electron chi connectivity index (χ1n) is 6.28. The molecule has 106 valence electrons. The first-order valence-corrected chi connectivity index (χ1v) is 7.76. The lowest BCUT2D eigenvalue weighted by molar-refractivity contribution is 0.0992. The maximum atomic E-state index is 12.2. The predicted octanol–water partition coefficient (Wildman–Crippen LogP) is 0.591. The summed E-state index contributed by atoms with van der Waals surface area (Å²) in [4.78, 5) is 11.2. The number of rotatable bonds is 4. The van der Waals surface area contributed by atoms with Crippen molar-refractivity contribution in [2.24, 2.45) is 18.7 Å². The summed E-state index contributed by atoms with van der Waals surface area (Å²) < 4.78 is 28.5. The van der Waals surface area contributed by atoms with Crippen LogP contribution in [-0.4, -0.2) is 24.9 Å². The van der Waals surface area contributed by atoms with Crippen LogP contribution in [0.25, 0.3) is 0 Å². The van der Waals surface area contributed by atoms with Crippen LogP contribution in [0.1, 0.15) is 36.7 Å². The molecule has 2 atom stereocenters. The maximum Gasteiger partial charge on any atom is 0.265 e. The monoisotopic (exact) mass is 285 g/mol. The molecule has 1 aliphatic rings. The Morgan fingerprint density at radius 1 is 1.47 bits per heavy atom. The molecule has 1 amide bonds. The van der Waals surface area contributed by atoms with Crippen molar-refractivity contribution in [3.8, 4) is 0 Å². The number of carbonyl (C=O) groups is 1. The number of hydrogen-bond acceptors (Lipinski definition) is 3. The van der Waals surface area contributed by atoms with Crippen LogP contribution in [0.5, 0.6) is 0 Å². The molecule has 1 saturated carbocycles. The number of nitrogens with two attached hydrogens (primary N) is 1. The van der Waals surface area contributed by atoms with E-state index in [1.165, 1.54) is 16.8 Å². The van der Waals surface area contributed by atoms with E-state index >= 15 is 0 Å². The van der Waals surface area contributed by atoms with E-state index in [2.05, 4.69) is 11.6 Å². The number of amides is 1. The lowest BCUT2D eigenvalue weighted by Gasteiger charge is -2.11. The van der Waals surface area contributed by atoms with Gasteiger partial charge in [0.25, 0.3) is 5.91 Å². The van der Waals surface area contributed by atoms with Crippen LogP contribution >= 0.6 is 0 Å². The van der Waals surface area contributed by atoms with Crippen molar-refractivity contribution in [3.63, 3.8) is 0 Å². The van der Waals surface area contributed by atoms with E-state index in [-0.39, 0.29) is 16.6 Å². The molecule has 0 bridgehead atoms. The fraction of sp³-hybridized carbons (Fsp3) is 0.583. The highest BCUT2D eigenvalue weighted by Crippen LogP contribution is 2.26. The molecule has 2 rings (SSSR count). The van der Waals surface area contributed by atoms with Gasteiger partial charge in [0, 0.05) is 19.3 Å². The number of nitrogens with zero attached hydrogens (tertiary/aromatic N) is 1. The van der Waals surface area contributed by atoms with E-state index in [1.807, 2.05) is 0 Å². The van der Waals surface area contributed by atoms with Gasteiger partial charge in [-0.25, -0.2) is 13.1 Å². The summed E-state index contributed by atoms with van der Waals surface area (Å²) >= 11 is 0. The molecule has 0 aliphatic heterocycles. The number of aromatic nitrogens is 1. The Kier molecular flexibility index (Phi) is 3.69. The highest BCUT2D eigenvalue weighted by Gasteiger charge is 2.27. The Morgan fingerprint density at radius 3 is 2.63 bits per heavy atom. The minimum absolute atomic E-state index is 0.0164. The van der Waals surface area contributed by atoms with E-state index in [1.54, 1.807) is 7.05 Å². The van der Waals surface area contributed by atoms with Gasteiger partial charge in [0.15, 0.2) is 0 Å². The van der Waals surface area contributed by atoms with Gasteiger partial charge in [-0.15, -0.1) is 0 Å².